The van der Waals surface area contributed by atoms with Crippen molar-refractivity contribution in [3.63, 3.8) is 0 Å². The molecule has 1 atom stereocenters. The second-order valence-electron chi connectivity index (χ2n) is 7.06. The number of halogens is 1. The number of carbonyl (C=O) groups excluding carboxylic acids is 1. The molecule has 1 spiro atoms. The van der Waals surface area contributed by atoms with Gasteiger partial charge in [0, 0.05) is 32.4 Å². The third-order valence-electron chi connectivity index (χ3n) is 5.56. The van der Waals surface area contributed by atoms with Crippen LogP contribution in [0.2, 0.25) is 0 Å². The summed E-state index contributed by atoms with van der Waals surface area (Å²) in [5, 5.41) is 0. The highest BCUT2D eigenvalue weighted by Crippen LogP contribution is 2.42. The zero-order chi connectivity index (χ0) is 17.3. The molecule has 2 aliphatic rings. The molecule has 5 heteroatoms. The van der Waals surface area contributed by atoms with E-state index in [4.69, 9.17) is 0 Å². The summed E-state index contributed by atoms with van der Waals surface area (Å²) >= 11 is 0. The highest BCUT2D eigenvalue weighted by Gasteiger charge is 2.50. The Morgan fingerprint density at radius 2 is 1.92 bits per heavy atom. The van der Waals surface area contributed by atoms with E-state index in [1.165, 1.54) is 11.8 Å². The van der Waals surface area contributed by atoms with Crippen LogP contribution in [0.15, 0.2) is 48.8 Å². The largest absolute Gasteiger partial charge is 0.368 e. The number of benzene rings is 1. The Hall–Kier alpha value is -2.43. The van der Waals surface area contributed by atoms with Crippen molar-refractivity contribution in [1.29, 1.82) is 0 Å². The molecule has 3 heterocycles. The van der Waals surface area contributed by atoms with E-state index in [1.54, 1.807) is 12.3 Å². The maximum Gasteiger partial charge on any atom is 0.230 e. The van der Waals surface area contributed by atoms with Gasteiger partial charge in [-0.25, -0.2) is 4.39 Å². The number of carbonyl (C=O) groups is 1. The SMILES string of the molecule is O=C1N(CCc2ccccc2)CCC12CCN(c1ccncc1F)C2. The lowest BCUT2D eigenvalue weighted by Gasteiger charge is -2.24. The Morgan fingerprint density at radius 3 is 2.72 bits per heavy atom. The van der Waals surface area contributed by atoms with E-state index < -0.39 is 0 Å². The third-order valence-corrected chi connectivity index (χ3v) is 5.56. The van der Waals surface area contributed by atoms with E-state index in [-0.39, 0.29) is 17.1 Å². The lowest BCUT2D eigenvalue weighted by Crippen LogP contribution is -2.37. The van der Waals surface area contributed by atoms with Gasteiger partial charge in [-0.3, -0.25) is 9.78 Å². The van der Waals surface area contributed by atoms with Gasteiger partial charge in [0.25, 0.3) is 0 Å². The van der Waals surface area contributed by atoms with Crippen molar-refractivity contribution >= 4 is 11.6 Å². The van der Waals surface area contributed by atoms with Gasteiger partial charge in [0.2, 0.25) is 5.91 Å². The standard InChI is InChI=1S/C20H22FN3O/c21-17-14-22-10-6-18(17)24-13-9-20(15-24)8-12-23(19(20)25)11-7-16-4-2-1-3-5-16/h1-6,10,14H,7-9,11-13,15H2. The molecule has 2 aliphatic heterocycles. The minimum atomic E-state index is -0.341. The van der Waals surface area contributed by atoms with Crippen LogP contribution >= 0.6 is 0 Å². The van der Waals surface area contributed by atoms with Crippen LogP contribution in [0.1, 0.15) is 18.4 Å². The Kier molecular flexibility index (Phi) is 4.15. The van der Waals surface area contributed by atoms with Gasteiger partial charge in [0.1, 0.15) is 0 Å². The van der Waals surface area contributed by atoms with Crippen LogP contribution in [0.3, 0.4) is 0 Å². The maximum atomic E-state index is 14.0. The van der Waals surface area contributed by atoms with Crippen LogP contribution in [-0.2, 0) is 11.2 Å². The molecule has 0 radical (unpaired) electrons. The number of amides is 1. The highest BCUT2D eigenvalue weighted by atomic mass is 19.1. The Bertz CT molecular complexity index is 767. The summed E-state index contributed by atoms with van der Waals surface area (Å²) in [4.78, 5) is 20.8. The second kappa shape index (κ2) is 6.47. The van der Waals surface area contributed by atoms with Crippen LogP contribution in [0.4, 0.5) is 10.1 Å². The minimum absolute atomic E-state index is 0.236. The minimum Gasteiger partial charge on any atom is -0.368 e. The molecule has 1 aromatic heterocycles. The number of hydrogen-bond acceptors (Lipinski definition) is 3. The summed E-state index contributed by atoms with van der Waals surface area (Å²) < 4.78 is 14.0. The molecule has 1 aromatic carbocycles. The molecule has 1 unspecified atom stereocenters. The monoisotopic (exact) mass is 339 g/mol. The average molecular weight is 339 g/mol. The maximum absolute atomic E-state index is 14.0. The lowest BCUT2D eigenvalue weighted by atomic mass is 9.85. The van der Waals surface area contributed by atoms with Crippen molar-refractivity contribution in [3.8, 4) is 0 Å². The summed E-state index contributed by atoms with van der Waals surface area (Å²) in [6.07, 6.45) is 5.39. The van der Waals surface area contributed by atoms with Crippen molar-refractivity contribution in [2.45, 2.75) is 19.3 Å². The molecule has 2 fully saturated rings. The van der Waals surface area contributed by atoms with E-state index in [2.05, 4.69) is 17.1 Å². The number of hydrogen-bond donors (Lipinski definition) is 0. The van der Waals surface area contributed by atoms with Crippen LogP contribution in [0, 0.1) is 11.2 Å². The van der Waals surface area contributed by atoms with Gasteiger partial charge >= 0.3 is 0 Å². The van der Waals surface area contributed by atoms with Crippen LogP contribution in [0.5, 0.6) is 0 Å². The van der Waals surface area contributed by atoms with E-state index in [9.17, 15) is 9.18 Å². The van der Waals surface area contributed by atoms with Crippen molar-refractivity contribution in [1.82, 2.24) is 9.88 Å². The first-order valence-electron chi connectivity index (χ1n) is 8.86. The number of pyridine rings is 1. The molecule has 0 N–H and O–H groups in total. The predicted molar refractivity (Wildman–Crippen MR) is 94.8 cm³/mol. The van der Waals surface area contributed by atoms with Crippen molar-refractivity contribution in [3.05, 3.63) is 60.2 Å². The number of rotatable bonds is 4. The summed E-state index contributed by atoms with van der Waals surface area (Å²) in [7, 11) is 0. The third kappa shape index (κ3) is 2.99. The molecule has 1 amide bonds. The molecule has 25 heavy (non-hydrogen) atoms. The van der Waals surface area contributed by atoms with Crippen molar-refractivity contribution in [2.24, 2.45) is 5.41 Å². The van der Waals surface area contributed by atoms with Gasteiger partial charge in [-0.1, -0.05) is 30.3 Å². The normalized spacial score (nSPS) is 23.0. The summed E-state index contributed by atoms with van der Waals surface area (Å²) in [5.74, 6) is -0.0775. The first kappa shape index (κ1) is 16.1. The fourth-order valence-corrected chi connectivity index (χ4v) is 4.10. The number of aromatic nitrogens is 1. The molecule has 2 aromatic rings. The second-order valence-corrected chi connectivity index (χ2v) is 7.06. The smallest absolute Gasteiger partial charge is 0.230 e. The predicted octanol–water partition coefficient (Wildman–Crippen LogP) is 2.89. The van der Waals surface area contributed by atoms with Gasteiger partial charge in [-0.05, 0) is 30.9 Å². The van der Waals surface area contributed by atoms with E-state index in [1.807, 2.05) is 28.0 Å². The molecular weight excluding hydrogens is 317 g/mol. The van der Waals surface area contributed by atoms with Crippen LogP contribution in [-0.4, -0.2) is 42.0 Å². The average Bonchev–Trinajstić information content (AvgIpc) is 3.20. The lowest BCUT2D eigenvalue weighted by molar-refractivity contribution is -0.135. The van der Waals surface area contributed by atoms with Crippen molar-refractivity contribution < 1.29 is 9.18 Å². The molecular formula is C20H22FN3O. The first-order valence-corrected chi connectivity index (χ1v) is 8.86. The van der Waals surface area contributed by atoms with E-state index >= 15 is 0 Å². The zero-order valence-electron chi connectivity index (χ0n) is 14.2. The zero-order valence-corrected chi connectivity index (χ0v) is 14.2. The number of nitrogens with zero attached hydrogens (tertiary/aromatic N) is 3. The van der Waals surface area contributed by atoms with Crippen LogP contribution in [0.25, 0.3) is 0 Å². The molecule has 0 saturated carbocycles. The van der Waals surface area contributed by atoms with Crippen LogP contribution < -0.4 is 4.90 Å². The topological polar surface area (TPSA) is 36.4 Å². The van der Waals surface area contributed by atoms with Gasteiger partial charge < -0.3 is 9.80 Å². The fraction of sp³-hybridized carbons (Fsp3) is 0.400. The van der Waals surface area contributed by atoms with Gasteiger partial charge in [0.05, 0.1) is 17.3 Å². The van der Waals surface area contributed by atoms with E-state index in [0.29, 0.717) is 12.2 Å². The van der Waals surface area contributed by atoms with E-state index in [0.717, 1.165) is 38.9 Å². The molecule has 0 bridgehead atoms. The quantitative estimate of drug-likeness (QED) is 0.859. The Morgan fingerprint density at radius 1 is 1.12 bits per heavy atom. The number of anilines is 1. The Balaban J connectivity index is 1.42. The number of likely N-dealkylation sites (tertiary alicyclic amines) is 1. The summed E-state index contributed by atoms with van der Waals surface area (Å²) in [6, 6.07) is 12.0. The molecule has 2 saturated heterocycles. The van der Waals surface area contributed by atoms with Gasteiger partial charge in [0.15, 0.2) is 5.82 Å². The molecule has 130 valence electrons. The van der Waals surface area contributed by atoms with Gasteiger partial charge in [-0.15, -0.1) is 0 Å². The molecule has 4 rings (SSSR count). The fourth-order valence-electron chi connectivity index (χ4n) is 4.10. The van der Waals surface area contributed by atoms with Crippen molar-refractivity contribution in [2.75, 3.05) is 31.1 Å². The highest BCUT2D eigenvalue weighted by molar-refractivity contribution is 5.86. The summed E-state index contributed by atoms with van der Waals surface area (Å²) in [5.41, 5.74) is 1.47. The molecule has 0 aliphatic carbocycles. The van der Waals surface area contributed by atoms with Gasteiger partial charge in [-0.2, -0.15) is 0 Å². The molecule has 4 nitrogen and oxygen atoms in total. The first-order chi connectivity index (χ1) is 12.2. The summed E-state index contributed by atoms with van der Waals surface area (Å²) in [6.45, 7) is 2.89. The Labute approximate surface area is 147 Å².